The van der Waals surface area contributed by atoms with Crippen molar-refractivity contribution < 1.29 is 9.59 Å². The van der Waals surface area contributed by atoms with Crippen LogP contribution in [0.15, 0.2) is 52.0 Å². The van der Waals surface area contributed by atoms with Crippen LogP contribution >= 0.6 is 27.5 Å². The van der Waals surface area contributed by atoms with Gasteiger partial charge < -0.3 is 5.32 Å². The lowest BCUT2D eigenvalue weighted by Gasteiger charge is -2.05. The molecule has 0 heterocycles. The number of hydrogen-bond acceptors (Lipinski definition) is 3. The molecule has 0 bridgehead atoms. The Hall–Kier alpha value is -2.18. The minimum Gasteiger partial charge on any atom is -0.318 e. The van der Waals surface area contributed by atoms with Gasteiger partial charge in [0.15, 0.2) is 0 Å². The lowest BCUT2D eigenvalue weighted by Crippen LogP contribution is -2.32. The van der Waals surface area contributed by atoms with Gasteiger partial charge in [-0.1, -0.05) is 45.7 Å². The van der Waals surface area contributed by atoms with Gasteiger partial charge in [-0.15, -0.1) is 0 Å². The predicted octanol–water partition coefficient (Wildman–Crippen LogP) is 3.50. The number of rotatable bonds is 3. The molecule has 0 fully saturated rings. The van der Waals surface area contributed by atoms with Gasteiger partial charge in [-0.05, 0) is 42.3 Å². The summed E-state index contributed by atoms with van der Waals surface area (Å²) in [5.74, 6) is -1.69. The van der Waals surface area contributed by atoms with Crippen molar-refractivity contribution in [2.24, 2.45) is 5.10 Å². The van der Waals surface area contributed by atoms with Gasteiger partial charge in [-0.2, -0.15) is 5.10 Å². The van der Waals surface area contributed by atoms with Crippen LogP contribution < -0.4 is 10.7 Å². The van der Waals surface area contributed by atoms with E-state index in [4.69, 9.17) is 11.6 Å². The Morgan fingerprint density at radius 3 is 2.48 bits per heavy atom. The molecule has 23 heavy (non-hydrogen) atoms. The smallest absolute Gasteiger partial charge is 0.318 e. The second-order valence-corrected chi connectivity index (χ2v) is 5.99. The van der Waals surface area contributed by atoms with Crippen molar-refractivity contribution >= 4 is 51.2 Å². The fourth-order valence-electron chi connectivity index (χ4n) is 1.62. The van der Waals surface area contributed by atoms with Crippen LogP contribution in [0.25, 0.3) is 0 Å². The van der Waals surface area contributed by atoms with E-state index in [1.165, 1.54) is 6.21 Å². The highest BCUT2D eigenvalue weighted by Crippen LogP contribution is 2.19. The maximum absolute atomic E-state index is 11.7. The van der Waals surface area contributed by atoms with E-state index < -0.39 is 11.8 Å². The second kappa shape index (κ2) is 7.89. The van der Waals surface area contributed by atoms with Crippen molar-refractivity contribution in [1.82, 2.24) is 5.43 Å². The quantitative estimate of drug-likeness (QED) is 0.475. The van der Waals surface area contributed by atoms with Gasteiger partial charge in [0.1, 0.15) is 0 Å². The first kappa shape index (κ1) is 17.2. The molecule has 0 aliphatic rings. The largest absolute Gasteiger partial charge is 0.329 e. The zero-order valence-electron chi connectivity index (χ0n) is 12.1. The summed E-state index contributed by atoms with van der Waals surface area (Å²) in [6, 6.07) is 12.3. The minimum absolute atomic E-state index is 0.442. The molecule has 0 aliphatic heterocycles. The van der Waals surface area contributed by atoms with E-state index in [1.807, 2.05) is 31.2 Å². The third-order valence-corrected chi connectivity index (χ3v) is 3.82. The molecule has 0 aliphatic carbocycles. The highest BCUT2D eigenvalue weighted by Gasteiger charge is 2.13. The molecule has 0 saturated heterocycles. The van der Waals surface area contributed by atoms with E-state index >= 15 is 0 Å². The highest BCUT2D eigenvalue weighted by molar-refractivity contribution is 9.10. The average molecular weight is 395 g/mol. The molecule has 0 unspecified atom stereocenters. The summed E-state index contributed by atoms with van der Waals surface area (Å²) >= 11 is 9.28. The molecule has 0 aromatic heterocycles. The number of halogens is 2. The van der Waals surface area contributed by atoms with Crippen LogP contribution in [0.4, 0.5) is 5.69 Å². The molecule has 5 nitrogen and oxygen atoms in total. The van der Waals surface area contributed by atoms with Gasteiger partial charge in [0.2, 0.25) is 0 Å². The molecule has 118 valence electrons. The van der Waals surface area contributed by atoms with Crippen LogP contribution in [0, 0.1) is 6.92 Å². The van der Waals surface area contributed by atoms with E-state index in [1.54, 1.807) is 18.2 Å². The number of anilines is 1. The maximum atomic E-state index is 11.7. The van der Waals surface area contributed by atoms with Crippen molar-refractivity contribution in [3.8, 4) is 0 Å². The molecule has 2 aromatic rings. The zero-order chi connectivity index (χ0) is 16.8. The second-order valence-electron chi connectivity index (χ2n) is 4.67. The fourth-order valence-corrected chi connectivity index (χ4v) is 2.07. The molecule has 0 spiro atoms. The van der Waals surface area contributed by atoms with Crippen LogP contribution in [0.3, 0.4) is 0 Å². The Labute approximate surface area is 146 Å². The molecule has 7 heteroatoms. The first-order valence-corrected chi connectivity index (χ1v) is 7.79. The van der Waals surface area contributed by atoms with Crippen molar-refractivity contribution in [2.45, 2.75) is 6.92 Å². The predicted molar refractivity (Wildman–Crippen MR) is 94.7 cm³/mol. The number of nitrogens with zero attached hydrogens (tertiary/aromatic N) is 1. The minimum atomic E-state index is -0.866. The number of amides is 2. The molecule has 0 radical (unpaired) electrons. The Bertz CT molecular complexity index is 760. The summed E-state index contributed by atoms with van der Waals surface area (Å²) in [5.41, 5.74) is 4.28. The van der Waals surface area contributed by atoms with Gasteiger partial charge >= 0.3 is 11.8 Å². The van der Waals surface area contributed by atoms with Gasteiger partial charge in [-0.3, -0.25) is 9.59 Å². The van der Waals surface area contributed by atoms with E-state index in [0.29, 0.717) is 10.7 Å². The van der Waals surface area contributed by atoms with Crippen LogP contribution in [-0.4, -0.2) is 18.0 Å². The summed E-state index contributed by atoms with van der Waals surface area (Å²) in [6.07, 6.45) is 1.44. The van der Waals surface area contributed by atoms with E-state index in [2.05, 4.69) is 31.8 Å². The monoisotopic (exact) mass is 393 g/mol. The molecular weight excluding hydrogens is 382 g/mol. The number of carbonyl (C=O) groups excluding carboxylic acids is 2. The summed E-state index contributed by atoms with van der Waals surface area (Å²) in [7, 11) is 0. The standard InChI is InChI=1S/C16H13BrClN3O2/c1-10-2-7-13(8-14(10)18)20-15(22)16(23)21-19-9-11-3-5-12(17)6-4-11/h2-9H,1H3,(H,20,22)(H,21,23)/b19-9-. The third kappa shape index (κ3) is 5.19. The van der Waals surface area contributed by atoms with Crippen molar-refractivity contribution in [1.29, 1.82) is 0 Å². The molecule has 2 N–H and O–H groups in total. The first-order valence-electron chi connectivity index (χ1n) is 6.62. The summed E-state index contributed by atoms with van der Waals surface area (Å²) in [6.45, 7) is 1.84. The lowest BCUT2D eigenvalue weighted by atomic mass is 10.2. The first-order chi connectivity index (χ1) is 11.0. The van der Waals surface area contributed by atoms with Crippen molar-refractivity contribution in [3.05, 3.63) is 63.1 Å². The Kier molecular flexibility index (Phi) is 5.90. The summed E-state index contributed by atoms with van der Waals surface area (Å²) in [4.78, 5) is 23.4. The van der Waals surface area contributed by atoms with E-state index in [0.717, 1.165) is 15.6 Å². The Morgan fingerprint density at radius 1 is 1.13 bits per heavy atom. The van der Waals surface area contributed by atoms with E-state index in [9.17, 15) is 9.59 Å². The number of carbonyl (C=O) groups is 2. The summed E-state index contributed by atoms with van der Waals surface area (Å²) in [5, 5.41) is 6.70. The van der Waals surface area contributed by atoms with Gasteiger partial charge in [0, 0.05) is 15.2 Å². The van der Waals surface area contributed by atoms with Crippen molar-refractivity contribution in [2.75, 3.05) is 5.32 Å². The molecule has 2 aromatic carbocycles. The third-order valence-electron chi connectivity index (χ3n) is 2.89. The zero-order valence-corrected chi connectivity index (χ0v) is 14.5. The van der Waals surface area contributed by atoms with E-state index in [-0.39, 0.29) is 0 Å². The van der Waals surface area contributed by atoms with Crippen LogP contribution in [0.5, 0.6) is 0 Å². The van der Waals surface area contributed by atoms with Crippen LogP contribution in [0.1, 0.15) is 11.1 Å². The average Bonchev–Trinajstić information content (AvgIpc) is 2.52. The van der Waals surface area contributed by atoms with Gasteiger partial charge in [0.05, 0.1) is 6.21 Å². The molecule has 0 saturated carbocycles. The Morgan fingerprint density at radius 2 is 1.83 bits per heavy atom. The van der Waals surface area contributed by atoms with Crippen molar-refractivity contribution in [3.63, 3.8) is 0 Å². The van der Waals surface area contributed by atoms with Gasteiger partial charge in [-0.25, -0.2) is 5.43 Å². The molecule has 2 amide bonds. The molecule has 2 rings (SSSR count). The maximum Gasteiger partial charge on any atom is 0.329 e. The summed E-state index contributed by atoms with van der Waals surface area (Å²) < 4.78 is 0.940. The molecular formula is C16H13BrClN3O2. The van der Waals surface area contributed by atoms with Crippen LogP contribution in [0.2, 0.25) is 5.02 Å². The molecule has 0 atom stereocenters. The number of hydrogen-bond donors (Lipinski definition) is 2. The topological polar surface area (TPSA) is 70.6 Å². The fraction of sp³-hybridized carbons (Fsp3) is 0.0625. The number of benzene rings is 2. The Balaban J connectivity index is 1.90. The lowest BCUT2D eigenvalue weighted by molar-refractivity contribution is -0.136. The SMILES string of the molecule is Cc1ccc(NC(=O)C(=O)N/N=C\c2ccc(Br)cc2)cc1Cl. The normalized spacial score (nSPS) is 10.6. The number of hydrazone groups is 1. The van der Waals surface area contributed by atoms with Gasteiger partial charge in [0.25, 0.3) is 0 Å². The number of nitrogens with one attached hydrogen (secondary N) is 2. The number of aryl methyl sites for hydroxylation is 1. The highest BCUT2D eigenvalue weighted by atomic mass is 79.9. The van der Waals surface area contributed by atoms with Crippen LogP contribution in [-0.2, 0) is 9.59 Å².